The summed E-state index contributed by atoms with van der Waals surface area (Å²) in [5.41, 5.74) is 3.30. The summed E-state index contributed by atoms with van der Waals surface area (Å²) >= 11 is 0. The van der Waals surface area contributed by atoms with Gasteiger partial charge in [-0.2, -0.15) is 0 Å². The molecule has 0 bridgehead atoms. The van der Waals surface area contributed by atoms with Crippen molar-refractivity contribution in [2.45, 2.75) is 33.0 Å². The van der Waals surface area contributed by atoms with Gasteiger partial charge in [0.05, 0.1) is 12.2 Å². The Balaban J connectivity index is 1.60. The summed E-state index contributed by atoms with van der Waals surface area (Å²) in [5.74, 6) is 1.80. The highest BCUT2D eigenvalue weighted by atomic mass is 16.5. The number of hydrogen-bond donors (Lipinski definition) is 1. The topological polar surface area (TPSA) is 30.5 Å². The Morgan fingerprint density at radius 2 is 1.48 bits per heavy atom. The highest BCUT2D eigenvalue weighted by Gasteiger charge is 2.11. The molecule has 3 heteroatoms. The summed E-state index contributed by atoms with van der Waals surface area (Å²) in [6, 6.07) is 26.4. The van der Waals surface area contributed by atoms with Gasteiger partial charge in [0.15, 0.2) is 0 Å². The largest absolute Gasteiger partial charge is 0.488 e. The third-order valence-electron chi connectivity index (χ3n) is 4.49. The van der Waals surface area contributed by atoms with Crippen molar-refractivity contribution in [3.63, 3.8) is 0 Å². The van der Waals surface area contributed by atoms with E-state index in [4.69, 9.17) is 9.47 Å². The summed E-state index contributed by atoms with van der Waals surface area (Å²) in [7, 11) is 0. The molecule has 140 valence electrons. The molecule has 3 nitrogen and oxygen atoms in total. The molecule has 0 radical (unpaired) electrons. The van der Waals surface area contributed by atoms with Gasteiger partial charge in [0.2, 0.25) is 0 Å². The number of benzene rings is 3. The maximum atomic E-state index is 6.18. The van der Waals surface area contributed by atoms with Crippen LogP contribution in [0.4, 0.5) is 5.69 Å². The molecule has 0 aromatic heterocycles. The highest BCUT2D eigenvalue weighted by molar-refractivity contribution is 5.56. The molecule has 0 spiro atoms. The Bertz CT molecular complexity index is 833. The minimum Gasteiger partial charge on any atom is -0.488 e. The number of hydrogen-bond acceptors (Lipinski definition) is 3. The maximum absolute atomic E-state index is 6.18. The fourth-order valence-corrected chi connectivity index (χ4v) is 2.84. The van der Waals surface area contributed by atoms with Crippen LogP contribution >= 0.6 is 0 Å². The van der Waals surface area contributed by atoms with Crippen LogP contribution in [0.2, 0.25) is 0 Å². The van der Waals surface area contributed by atoms with Gasteiger partial charge < -0.3 is 14.8 Å². The van der Waals surface area contributed by atoms with Crippen LogP contribution in [0.3, 0.4) is 0 Å². The standard InChI is InChI=1S/C24H27NO2/c1-3-21(27-23-15-9-7-11-19(23)2)17-25-22-14-8-10-16-24(22)26-18-20-12-5-4-6-13-20/h4-16,21,25H,3,17-18H2,1-2H3. The SMILES string of the molecule is CCC(CNc1ccccc1OCc1ccccc1)Oc1ccccc1C. The molecule has 1 atom stereocenters. The van der Waals surface area contributed by atoms with Gasteiger partial charge in [-0.05, 0) is 42.7 Å². The molecule has 0 aliphatic rings. The van der Waals surface area contributed by atoms with Crippen LogP contribution in [-0.4, -0.2) is 12.6 Å². The van der Waals surface area contributed by atoms with E-state index in [9.17, 15) is 0 Å². The zero-order chi connectivity index (χ0) is 18.9. The molecular formula is C24H27NO2. The van der Waals surface area contributed by atoms with E-state index in [2.05, 4.69) is 37.4 Å². The quantitative estimate of drug-likeness (QED) is 0.519. The molecule has 3 aromatic carbocycles. The van der Waals surface area contributed by atoms with E-state index in [0.29, 0.717) is 6.61 Å². The normalized spacial score (nSPS) is 11.6. The van der Waals surface area contributed by atoms with Crippen LogP contribution in [0, 0.1) is 6.92 Å². The van der Waals surface area contributed by atoms with E-state index in [1.807, 2.05) is 60.7 Å². The second kappa shape index (κ2) is 9.67. The zero-order valence-electron chi connectivity index (χ0n) is 16.0. The summed E-state index contributed by atoms with van der Waals surface area (Å²) in [4.78, 5) is 0. The predicted octanol–water partition coefficient (Wildman–Crippen LogP) is 5.84. The second-order valence-electron chi connectivity index (χ2n) is 6.56. The lowest BCUT2D eigenvalue weighted by atomic mass is 10.2. The smallest absolute Gasteiger partial charge is 0.142 e. The van der Waals surface area contributed by atoms with Crippen molar-refractivity contribution < 1.29 is 9.47 Å². The Morgan fingerprint density at radius 3 is 2.22 bits per heavy atom. The minimum atomic E-state index is 0.0910. The van der Waals surface area contributed by atoms with E-state index in [0.717, 1.165) is 41.3 Å². The minimum absolute atomic E-state index is 0.0910. The summed E-state index contributed by atoms with van der Waals surface area (Å²) < 4.78 is 12.2. The van der Waals surface area contributed by atoms with Crippen LogP contribution in [-0.2, 0) is 6.61 Å². The molecule has 0 aliphatic carbocycles. The van der Waals surface area contributed by atoms with E-state index in [-0.39, 0.29) is 6.10 Å². The van der Waals surface area contributed by atoms with Crippen LogP contribution in [0.1, 0.15) is 24.5 Å². The maximum Gasteiger partial charge on any atom is 0.142 e. The van der Waals surface area contributed by atoms with E-state index < -0.39 is 0 Å². The molecule has 0 fully saturated rings. The van der Waals surface area contributed by atoms with Crippen LogP contribution in [0.5, 0.6) is 11.5 Å². The predicted molar refractivity (Wildman–Crippen MR) is 112 cm³/mol. The zero-order valence-corrected chi connectivity index (χ0v) is 16.0. The van der Waals surface area contributed by atoms with E-state index >= 15 is 0 Å². The van der Waals surface area contributed by atoms with Gasteiger partial charge in [-0.1, -0.05) is 67.6 Å². The molecule has 0 saturated heterocycles. The fourth-order valence-electron chi connectivity index (χ4n) is 2.84. The third kappa shape index (κ3) is 5.52. The van der Waals surface area contributed by atoms with Gasteiger partial charge >= 0.3 is 0 Å². The van der Waals surface area contributed by atoms with Crippen molar-refractivity contribution in [2.24, 2.45) is 0 Å². The number of aryl methyl sites for hydroxylation is 1. The van der Waals surface area contributed by atoms with Crippen molar-refractivity contribution in [1.82, 2.24) is 0 Å². The Labute approximate surface area is 162 Å². The fraction of sp³-hybridized carbons (Fsp3) is 0.250. The molecule has 0 aliphatic heterocycles. The van der Waals surface area contributed by atoms with Crippen LogP contribution < -0.4 is 14.8 Å². The van der Waals surface area contributed by atoms with Gasteiger partial charge in [0, 0.05) is 0 Å². The number of para-hydroxylation sites is 3. The van der Waals surface area contributed by atoms with Crippen LogP contribution in [0.15, 0.2) is 78.9 Å². The first-order valence-electron chi connectivity index (χ1n) is 9.48. The molecule has 3 rings (SSSR count). The first-order chi connectivity index (χ1) is 13.3. The van der Waals surface area contributed by atoms with E-state index in [1.165, 1.54) is 0 Å². The second-order valence-corrected chi connectivity index (χ2v) is 6.56. The average Bonchev–Trinajstić information content (AvgIpc) is 2.72. The molecule has 1 N–H and O–H groups in total. The first kappa shape index (κ1) is 18.8. The average molecular weight is 361 g/mol. The van der Waals surface area contributed by atoms with Crippen molar-refractivity contribution in [2.75, 3.05) is 11.9 Å². The number of nitrogens with one attached hydrogen (secondary N) is 1. The Kier molecular flexibility index (Phi) is 6.75. The lowest BCUT2D eigenvalue weighted by Gasteiger charge is -2.21. The molecule has 1 unspecified atom stereocenters. The molecule has 0 heterocycles. The van der Waals surface area contributed by atoms with E-state index in [1.54, 1.807) is 0 Å². The lowest BCUT2D eigenvalue weighted by molar-refractivity contribution is 0.208. The Hall–Kier alpha value is -2.94. The molecule has 27 heavy (non-hydrogen) atoms. The van der Waals surface area contributed by atoms with Crippen LogP contribution in [0.25, 0.3) is 0 Å². The monoisotopic (exact) mass is 361 g/mol. The van der Waals surface area contributed by atoms with Gasteiger partial charge in [-0.3, -0.25) is 0 Å². The summed E-state index contributed by atoms with van der Waals surface area (Å²) in [6.07, 6.45) is 1.02. The van der Waals surface area contributed by atoms with Crippen molar-refractivity contribution in [3.8, 4) is 11.5 Å². The molecule has 0 saturated carbocycles. The number of ether oxygens (including phenoxy) is 2. The summed E-state index contributed by atoms with van der Waals surface area (Å²) in [6.45, 7) is 5.48. The van der Waals surface area contributed by atoms with Gasteiger partial charge in [0.25, 0.3) is 0 Å². The first-order valence-corrected chi connectivity index (χ1v) is 9.48. The van der Waals surface area contributed by atoms with Crippen molar-refractivity contribution in [3.05, 3.63) is 90.0 Å². The van der Waals surface area contributed by atoms with Gasteiger partial charge in [-0.25, -0.2) is 0 Å². The molecule has 3 aromatic rings. The molecular weight excluding hydrogens is 334 g/mol. The van der Waals surface area contributed by atoms with Gasteiger partial charge in [0.1, 0.15) is 24.2 Å². The van der Waals surface area contributed by atoms with Gasteiger partial charge in [-0.15, -0.1) is 0 Å². The van der Waals surface area contributed by atoms with Crippen molar-refractivity contribution >= 4 is 5.69 Å². The number of rotatable bonds is 9. The number of anilines is 1. The van der Waals surface area contributed by atoms with Crippen molar-refractivity contribution in [1.29, 1.82) is 0 Å². The third-order valence-corrected chi connectivity index (χ3v) is 4.49. The molecule has 0 amide bonds. The highest BCUT2D eigenvalue weighted by Crippen LogP contribution is 2.25. The summed E-state index contributed by atoms with van der Waals surface area (Å²) in [5, 5.41) is 3.49. The lowest BCUT2D eigenvalue weighted by Crippen LogP contribution is -2.25. The Morgan fingerprint density at radius 1 is 0.815 bits per heavy atom.